The lowest BCUT2D eigenvalue weighted by Gasteiger charge is -2.24. The number of aromatic nitrogens is 4. The Labute approximate surface area is 103 Å². The van der Waals surface area contributed by atoms with E-state index in [2.05, 4.69) is 34.0 Å². The van der Waals surface area contributed by atoms with Crippen molar-refractivity contribution in [2.75, 3.05) is 0 Å². The van der Waals surface area contributed by atoms with Crippen LogP contribution in [0.5, 0.6) is 0 Å². The van der Waals surface area contributed by atoms with Gasteiger partial charge in [-0.15, -0.1) is 11.3 Å². The molecule has 17 heavy (non-hydrogen) atoms. The summed E-state index contributed by atoms with van der Waals surface area (Å²) in [6, 6.07) is 0. The van der Waals surface area contributed by atoms with E-state index in [1.165, 1.54) is 11.2 Å². The van der Waals surface area contributed by atoms with Crippen molar-refractivity contribution in [3.8, 4) is 10.8 Å². The molecule has 1 aliphatic rings. The fraction of sp³-hybridized carbons (Fsp3) is 0.545. The van der Waals surface area contributed by atoms with Gasteiger partial charge < -0.3 is 4.74 Å². The molecule has 0 aliphatic carbocycles. The summed E-state index contributed by atoms with van der Waals surface area (Å²) in [6.07, 6.45) is 1.49. The lowest BCUT2D eigenvalue weighted by Crippen LogP contribution is -2.23. The number of nitrogens with one attached hydrogen (secondary N) is 1. The fourth-order valence-corrected chi connectivity index (χ4v) is 3.48. The molecule has 3 heterocycles. The highest BCUT2D eigenvalue weighted by Gasteiger charge is 2.46. The summed E-state index contributed by atoms with van der Waals surface area (Å²) in [4.78, 5) is 9.95. The molecule has 0 amide bonds. The first kappa shape index (κ1) is 10.9. The van der Waals surface area contributed by atoms with Gasteiger partial charge in [0.25, 0.3) is 0 Å². The van der Waals surface area contributed by atoms with Crippen molar-refractivity contribution >= 4 is 11.3 Å². The summed E-state index contributed by atoms with van der Waals surface area (Å²) in [5.41, 5.74) is 0.390. The van der Waals surface area contributed by atoms with Gasteiger partial charge >= 0.3 is 0 Å². The Morgan fingerprint density at radius 1 is 1.24 bits per heavy atom. The number of aromatic amines is 1. The van der Waals surface area contributed by atoms with Gasteiger partial charge in [0.2, 0.25) is 0 Å². The minimum Gasteiger partial charge on any atom is -0.358 e. The van der Waals surface area contributed by atoms with Crippen LogP contribution in [0.15, 0.2) is 6.33 Å². The molecular weight excluding hydrogens is 236 g/mol. The molecule has 2 aromatic heterocycles. The number of ether oxygens (including phenoxy) is 1. The van der Waals surface area contributed by atoms with Crippen LogP contribution in [0.2, 0.25) is 0 Å². The second kappa shape index (κ2) is 3.14. The van der Waals surface area contributed by atoms with Crippen molar-refractivity contribution in [3.63, 3.8) is 0 Å². The zero-order valence-corrected chi connectivity index (χ0v) is 11.1. The van der Waals surface area contributed by atoms with Crippen LogP contribution in [0.25, 0.3) is 10.8 Å². The van der Waals surface area contributed by atoms with Crippen LogP contribution in [0, 0.1) is 0 Å². The highest BCUT2D eigenvalue weighted by Crippen LogP contribution is 2.49. The van der Waals surface area contributed by atoms with Gasteiger partial charge in [-0.05, 0) is 27.7 Å². The Bertz CT molecular complexity index is 525. The molecule has 90 valence electrons. The third-order valence-electron chi connectivity index (χ3n) is 2.87. The first-order valence-electron chi connectivity index (χ1n) is 5.48. The summed E-state index contributed by atoms with van der Waals surface area (Å²) in [7, 11) is 0. The maximum Gasteiger partial charge on any atom is 0.184 e. The number of hydrogen-bond acceptors (Lipinski definition) is 5. The number of thiazole rings is 1. The van der Waals surface area contributed by atoms with Gasteiger partial charge in [-0.1, -0.05) is 0 Å². The van der Waals surface area contributed by atoms with Crippen LogP contribution in [-0.2, 0) is 15.9 Å². The number of H-pyrrole nitrogens is 1. The Morgan fingerprint density at radius 2 is 2.00 bits per heavy atom. The monoisotopic (exact) mass is 250 g/mol. The molecule has 0 unspecified atom stereocenters. The first-order valence-corrected chi connectivity index (χ1v) is 6.29. The van der Waals surface area contributed by atoms with E-state index in [4.69, 9.17) is 4.74 Å². The van der Waals surface area contributed by atoms with E-state index in [1.807, 2.05) is 13.8 Å². The van der Waals surface area contributed by atoms with E-state index in [-0.39, 0.29) is 11.2 Å². The van der Waals surface area contributed by atoms with Gasteiger partial charge in [0.1, 0.15) is 11.9 Å². The molecule has 0 atom stereocenters. The highest BCUT2D eigenvalue weighted by molar-refractivity contribution is 7.15. The average molecular weight is 250 g/mol. The molecule has 1 aliphatic heterocycles. The number of rotatable bonds is 1. The van der Waals surface area contributed by atoms with Gasteiger partial charge in [-0.25, -0.2) is 9.97 Å². The predicted molar refractivity (Wildman–Crippen MR) is 64.6 cm³/mol. The summed E-state index contributed by atoms with van der Waals surface area (Å²) in [5, 5.41) is 7.57. The van der Waals surface area contributed by atoms with Crippen molar-refractivity contribution in [2.24, 2.45) is 0 Å². The van der Waals surface area contributed by atoms with Gasteiger partial charge in [0.15, 0.2) is 10.8 Å². The molecule has 0 bridgehead atoms. The van der Waals surface area contributed by atoms with E-state index < -0.39 is 0 Å². The van der Waals surface area contributed by atoms with Crippen molar-refractivity contribution < 1.29 is 4.74 Å². The average Bonchev–Trinajstić information content (AvgIpc) is 2.87. The largest absolute Gasteiger partial charge is 0.358 e. The van der Waals surface area contributed by atoms with Gasteiger partial charge in [-0.2, -0.15) is 5.10 Å². The molecule has 5 nitrogen and oxygen atoms in total. The van der Waals surface area contributed by atoms with Crippen molar-refractivity contribution in [1.82, 2.24) is 20.2 Å². The Hall–Kier alpha value is -1.27. The quantitative estimate of drug-likeness (QED) is 0.844. The van der Waals surface area contributed by atoms with Gasteiger partial charge in [0, 0.05) is 0 Å². The van der Waals surface area contributed by atoms with Crippen LogP contribution in [0.4, 0.5) is 0 Å². The van der Waals surface area contributed by atoms with Crippen molar-refractivity contribution in [2.45, 2.75) is 38.9 Å². The van der Waals surface area contributed by atoms with Crippen LogP contribution in [0.1, 0.15) is 38.3 Å². The van der Waals surface area contributed by atoms with Crippen LogP contribution in [0.3, 0.4) is 0 Å². The van der Waals surface area contributed by atoms with E-state index in [1.54, 1.807) is 11.3 Å². The zero-order valence-electron chi connectivity index (χ0n) is 10.2. The van der Waals surface area contributed by atoms with Crippen molar-refractivity contribution in [3.05, 3.63) is 16.9 Å². The van der Waals surface area contributed by atoms with E-state index in [0.29, 0.717) is 0 Å². The molecule has 0 aromatic carbocycles. The van der Waals surface area contributed by atoms with E-state index in [9.17, 15) is 0 Å². The Kier molecular flexibility index (Phi) is 2.01. The highest BCUT2D eigenvalue weighted by atomic mass is 32.1. The molecule has 0 fully saturated rings. The number of hydrogen-bond donors (Lipinski definition) is 1. The molecule has 3 rings (SSSR count). The minimum atomic E-state index is -0.340. The van der Waals surface area contributed by atoms with Gasteiger partial charge in [-0.3, -0.25) is 5.10 Å². The van der Waals surface area contributed by atoms with Crippen LogP contribution in [-0.4, -0.2) is 20.2 Å². The van der Waals surface area contributed by atoms with Gasteiger partial charge in [0.05, 0.1) is 16.2 Å². The molecule has 0 radical (unpaired) electrons. The summed E-state index contributed by atoms with van der Waals surface area (Å²) < 4.78 is 6.02. The number of nitrogens with zero attached hydrogens (tertiary/aromatic N) is 3. The minimum absolute atomic E-state index is 0.283. The lowest BCUT2D eigenvalue weighted by molar-refractivity contribution is -0.105. The molecular formula is C11H14N4OS. The molecule has 0 saturated carbocycles. The maximum atomic E-state index is 6.02. The van der Waals surface area contributed by atoms with Crippen LogP contribution < -0.4 is 0 Å². The topological polar surface area (TPSA) is 63.7 Å². The smallest absolute Gasteiger partial charge is 0.184 e. The molecule has 0 spiro atoms. The molecule has 6 heteroatoms. The SMILES string of the molecule is CC1(C)OC(C)(C)c2sc(-c3ncn[nH]3)nc21. The zero-order chi connectivity index (χ0) is 12.3. The fourth-order valence-electron chi connectivity index (χ4n) is 2.28. The third-order valence-corrected chi connectivity index (χ3v) is 4.24. The number of fused-ring (bicyclic) bond motifs is 1. The van der Waals surface area contributed by atoms with Crippen molar-refractivity contribution in [1.29, 1.82) is 0 Å². The van der Waals surface area contributed by atoms with E-state index >= 15 is 0 Å². The summed E-state index contributed by atoms with van der Waals surface area (Å²) in [5.74, 6) is 0.719. The first-order chi connectivity index (χ1) is 7.90. The van der Waals surface area contributed by atoms with E-state index in [0.717, 1.165) is 16.5 Å². The maximum absolute atomic E-state index is 6.02. The Balaban J connectivity index is 2.16. The standard InChI is InChI=1S/C11H14N4OS/c1-10(2)6-7(11(3,4)16-10)17-9(14-6)8-12-5-13-15-8/h5H,1-4H3,(H,12,13,15). The second-order valence-corrected chi connectivity index (χ2v) is 6.15. The molecule has 1 N–H and O–H groups in total. The Morgan fingerprint density at radius 3 is 2.59 bits per heavy atom. The molecule has 0 saturated heterocycles. The van der Waals surface area contributed by atoms with Crippen LogP contribution >= 0.6 is 11.3 Å². The predicted octanol–water partition coefficient (Wildman–Crippen LogP) is 2.43. The lowest BCUT2D eigenvalue weighted by atomic mass is 10.0. The molecule has 2 aromatic rings. The third kappa shape index (κ3) is 1.51. The second-order valence-electron chi connectivity index (χ2n) is 5.15. The summed E-state index contributed by atoms with van der Waals surface area (Å²) in [6.45, 7) is 8.24. The summed E-state index contributed by atoms with van der Waals surface area (Å²) >= 11 is 1.62. The normalized spacial score (nSPS) is 20.5.